The number of hydrogen-bond donors (Lipinski definition) is 0. The van der Waals surface area contributed by atoms with Crippen LogP contribution in [0.15, 0.2) is 66.0 Å². The van der Waals surface area contributed by atoms with E-state index in [2.05, 4.69) is 18.2 Å². The molecule has 0 spiro atoms. The van der Waals surface area contributed by atoms with Crippen LogP contribution in [-0.2, 0) is 11.2 Å². The topological polar surface area (TPSA) is 51.7 Å². The second kappa shape index (κ2) is 9.18. The lowest BCUT2D eigenvalue weighted by Gasteiger charge is -2.22. The molecule has 0 aliphatic rings. The molecule has 4 rings (SSSR count). The van der Waals surface area contributed by atoms with Gasteiger partial charge < -0.3 is 14.4 Å². The molecular formula is C25H24N2O3S. The van der Waals surface area contributed by atoms with Crippen molar-refractivity contribution < 1.29 is 14.3 Å². The van der Waals surface area contributed by atoms with E-state index in [0.29, 0.717) is 18.0 Å². The molecule has 0 saturated carbocycles. The van der Waals surface area contributed by atoms with E-state index in [-0.39, 0.29) is 12.3 Å². The summed E-state index contributed by atoms with van der Waals surface area (Å²) in [5.41, 5.74) is 2.63. The summed E-state index contributed by atoms with van der Waals surface area (Å²) in [6.07, 6.45) is 0.251. The van der Waals surface area contributed by atoms with Gasteiger partial charge in [0.25, 0.3) is 0 Å². The Kier molecular flexibility index (Phi) is 6.18. The van der Waals surface area contributed by atoms with Crippen molar-refractivity contribution >= 4 is 33.7 Å². The molecule has 0 bridgehead atoms. The summed E-state index contributed by atoms with van der Waals surface area (Å²) in [6.45, 7) is 2.59. The van der Waals surface area contributed by atoms with Gasteiger partial charge in [-0.25, -0.2) is 4.98 Å². The van der Waals surface area contributed by atoms with Crippen molar-refractivity contribution in [2.24, 2.45) is 0 Å². The number of benzene rings is 3. The number of fused-ring (bicyclic) bond motifs is 1. The standard InChI is InChI=1S/C25H24N2O3S/c1-4-27(21-11-7-9-17-8-5-6-10-20(17)21)24(28)15-19-16-31-25(26-19)18-12-13-22(29-2)23(14-18)30-3/h5-14,16H,4,15H2,1-3H3. The van der Waals surface area contributed by atoms with Gasteiger partial charge in [0.15, 0.2) is 11.5 Å². The first kappa shape index (κ1) is 20.9. The third-order valence-corrected chi connectivity index (χ3v) is 6.13. The van der Waals surface area contributed by atoms with E-state index < -0.39 is 0 Å². The Morgan fingerprint density at radius 1 is 1.00 bits per heavy atom. The smallest absolute Gasteiger partial charge is 0.233 e. The summed E-state index contributed by atoms with van der Waals surface area (Å²) in [4.78, 5) is 19.7. The summed E-state index contributed by atoms with van der Waals surface area (Å²) in [5.74, 6) is 1.36. The highest BCUT2D eigenvalue weighted by atomic mass is 32.1. The summed E-state index contributed by atoms with van der Waals surface area (Å²) in [5, 5.41) is 4.98. The lowest BCUT2D eigenvalue weighted by atomic mass is 10.1. The molecule has 0 aliphatic heterocycles. The fourth-order valence-corrected chi connectivity index (χ4v) is 4.48. The van der Waals surface area contributed by atoms with Crippen LogP contribution in [0.1, 0.15) is 12.6 Å². The van der Waals surface area contributed by atoms with Crippen molar-refractivity contribution in [3.05, 3.63) is 71.7 Å². The first-order valence-electron chi connectivity index (χ1n) is 10.1. The number of carbonyl (C=O) groups excluding carboxylic acids is 1. The van der Waals surface area contributed by atoms with Gasteiger partial charge >= 0.3 is 0 Å². The van der Waals surface area contributed by atoms with Crippen LogP contribution in [0, 0.1) is 0 Å². The molecule has 0 aliphatic carbocycles. The van der Waals surface area contributed by atoms with Crippen LogP contribution in [-0.4, -0.2) is 31.7 Å². The Labute approximate surface area is 185 Å². The maximum absolute atomic E-state index is 13.2. The highest BCUT2D eigenvalue weighted by Crippen LogP contribution is 2.34. The zero-order chi connectivity index (χ0) is 21.8. The maximum atomic E-state index is 13.2. The monoisotopic (exact) mass is 432 g/mol. The van der Waals surface area contributed by atoms with E-state index in [9.17, 15) is 4.79 Å². The minimum atomic E-state index is 0.0306. The van der Waals surface area contributed by atoms with Gasteiger partial charge in [0.1, 0.15) is 5.01 Å². The molecule has 3 aromatic carbocycles. The predicted octanol–water partition coefficient (Wildman–Crippen LogP) is 5.58. The minimum absolute atomic E-state index is 0.0306. The largest absolute Gasteiger partial charge is 0.493 e. The van der Waals surface area contributed by atoms with E-state index >= 15 is 0 Å². The predicted molar refractivity (Wildman–Crippen MR) is 126 cm³/mol. The highest BCUT2D eigenvalue weighted by Gasteiger charge is 2.18. The van der Waals surface area contributed by atoms with Crippen molar-refractivity contribution in [3.63, 3.8) is 0 Å². The molecular weight excluding hydrogens is 408 g/mol. The molecule has 158 valence electrons. The average Bonchev–Trinajstić information content (AvgIpc) is 3.27. The van der Waals surface area contributed by atoms with Gasteiger partial charge in [0.05, 0.1) is 32.0 Å². The third-order valence-electron chi connectivity index (χ3n) is 5.19. The molecule has 1 heterocycles. The van der Waals surface area contributed by atoms with Crippen LogP contribution in [0.5, 0.6) is 11.5 Å². The minimum Gasteiger partial charge on any atom is -0.493 e. The molecule has 0 unspecified atom stereocenters. The van der Waals surface area contributed by atoms with Crippen LogP contribution in [0.3, 0.4) is 0 Å². The molecule has 0 N–H and O–H groups in total. The molecule has 1 amide bonds. The fourth-order valence-electron chi connectivity index (χ4n) is 3.67. The molecule has 31 heavy (non-hydrogen) atoms. The van der Waals surface area contributed by atoms with Gasteiger partial charge in [-0.15, -0.1) is 11.3 Å². The second-order valence-electron chi connectivity index (χ2n) is 7.03. The lowest BCUT2D eigenvalue weighted by Crippen LogP contribution is -2.32. The van der Waals surface area contributed by atoms with Crippen LogP contribution in [0.2, 0.25) is 0 Å². The molecule has 0 saturated heterocycles. The maximum Gasteiger partial charge on any atom is 0.233 e. The van der Waals surface area contributed by atoms with E-state index in [4.69, 9.17) is 14.5 Å². The summed E-state index contributed by atoms with van der Waals surface area (Å²) in [6, 6.07) is 19.9. The SMILES string of the molecule is CCN(C(=O)Cc1csc(-c2ccc(OC)c(OC)c2)n1)c1cccc2ccccc12. The number of rotatable bonds is 7. The fraction of sp³-hybridized carbons (Fsp3) is 0.200. The first-order chi connectivity index (χ1) is 15.1. The Hall–Kier alpha value is -3.38. The summed E-state index contributed by atoms with van der Waals surface area (Å²) in [7, 11) is 3.22. The van der Waals surface area contributed by atoms with Gasteiger partial charge in [0, 0.05) is 22.9 Å². The average molecular weight is 433 g/mol. The van der Waals surface area contributed by atoms with E-state index in [0.717, 1.165) is 32.7 Å². The summed E-state index contributed by atoms with van der Waals surface area (Å²) < 4.78 is 10.7. The van der Waals surface area contributed by atoms with Gasteiger partial charge in [-0.1, -0.05) is 36.4 Å². The lowest BCUT2D eigenvalue weighted by molar-refractivity contribution is -0.118. The van der Waals surface area contributed by atoms with E-state index in [1.54, 1.807) is 14.2 Å². The van der Waals surface area contributed by atoms with Gasteiger partial charge in [0.2, 0.25) is 5.91 Å². The highest BCUT2D eigenvalue weighted by molar-refractivity contribution is 7.13. The van der Waals surface area contributed by atoms with Crippen molar-refractivity contribution in [1.82, 2.24) is 4.98 Å². The number of thiazole rings is 1. The zero-order valence-corrected chi connectivity index (χ0v) is 18.6. The number of aromatic nitrogens is 1. The quantitative estimate of drug-likeness (QED) is 0.383. The van der Waals surface area contributed by atoms with Crippen LogP contribution in [0.25, 0.3) is 21.3 Å². The molecule has 6 heteroatoms. The van der Waals surface area contributed by atoms with Crippen LogP contribution < -0.4 is 14.4 Å². The van der Waals surface area contributed by atoms with Crippen LogP contribution >= 0.6 is 11.3 Å². The summed E-state index contributed by atoms with van der Waals surface area (Å²) >= 11 is 1.52. The van der Waals surface area contributed by atoms with Crippen LogP contribution in [0.4, 0.5) is 5.69 Å². The number of methoxy groups -OCH3 is 2. The number of ether oxygens (including phenoxy) is 2. The molecule has 0 fully saturated rings. The van der Waals surface area contributed by atoms with Crippen molar-refractivity contribution in [2.45, 2.75) is 13.3 Å². The zero-order valence-electron chi connectivity index (χ0n) is 17.8. The number of likely N-dealkylation sites (N-methyl/N-ethyl adjacent to an activating group) is 1. The molecule has 4 aromatic rings. The molecule has 5 nitrogen and oxygen atoms in total. The number of carbonyl (C=O) groups is 1. The number of nitrogens with zero attached hydrogens (tertiary/aromatic N) is 2. The first-order valence-corrected chi connectivity index (χ1v) is 11.0. The van der Waals surface area contributed by atoms with Gasteiger partial charge in [-0.2, -0.15) is 0 Å². The van der Waals surface area contributed by atoms with Crippen molar-refractivity contribution in [1.29, 1.82) is 0 Å². The van der Waals surface area contributed by atoms with Gasteiger partial charge in [-0.3, -0.25) is 4.79 Å². The molecule has 0 radical (unpaired) electrons. The molecule has 0 atom stereocenters. The third kappa shape index (κ3) is 4.25. The normalized spacial score (nSPS) is 10.8. The number of anilines is 1. The molecule has 1 aromatic heterocycles. The van der Waals surface area contributed by atoms with E-state index in [1.165, 1.54) is 11.3 Å². The van der Waals surface area contributed by atoms with Crippen molar-refractivity contribution in [3.8, 4) is 22.1 Å². The number of amides is 1. The number of hydrogen-bond acceptors (Lipinski definition) is 5. The van der Waals surface area contributed by atoms with Gasteiger partial charge in [-0.05, 0) is 36.6 Å². The Bertz CT molecular complexity index is 1210. The van der Waals surface area contributed by atoms with E-state index in [1.807, 2.05) is 59.7 Å². The Morgan fingerprint density at radius 2 is 1.77 bits per heavy atom. The van der Waals surface area contributed by atoms with Crippen molar-refractivity contribution in [2.75, 3.05) is 25.7 Å². The Balaban J connectivity index is 1.57. The Morgan fingerprint density at radius 3 is 2.55 bits per heavy atom. The second-order valence-corrected chi connectivity index (χ2v) is 7.88.